The molecule has 2 aromatic carbocycles. The minimum atomic E-state index is -5.19. The van der Waals surface area contributed by atoms with Crippen LogP contribution in [-0.4, -0.2) is 51.7 Å². The first-order valence-corrected chi connectivity index (χ1v) is 10.3. The Balaban J connectivity index is 1.42. The van der Waals surface area contributed by atoms with Gasteiger partial charge in [-0.25, -0.2) is 9.59 Å². The number of ether oxygens (including phenoxy) is 1. The molecule has 4 rings (SSSR count). The minimum Gasteiger partial charge on any atom is -0.479 e. The molecule has 1 atom stereocenters. The van der Waals surface area contributed by atoms with Crippen LogP contribution in [0.15, 0.2) is 54.6 Å². The highest BCUT2D eigenvalue weighted by Gasteiger charge is 2.46. The summed E-state index contributed by atoms with van der Waals surface area (Å²) in [5, 5.41) is 16.3. The van der Waals surface area contributed by atoms with Crippen LogP contribution in [0.3, 0.4) is 0 Å². The lowest BCUT2D eigenvalue weighted by atomic mass is 9.98. The number of aliphatic carboxylic acids is 1. The number of carbonyl (C=O) groups excluding carboxylic acids is 2. The van der Waals surface area contributed by atoms with Crippen LogP contribution in [0, 0.1) is 0 Å². The summed E-state index contributed by atoms with van der Waals surface area (Å²) in [5.41, 5.74) is 3.73. The van der Waals surface area contributed by atoms with Gasteiger partial charge in [-0.2, -0.15) is 18.3 Å². The predicted octanol–water partition coefficient (Wildman–Crippen LogP) is 3.53. The molecular formula is C23H19F3N4O5. The zero-order chi connectivity index (χ0) is 25.3. The number of halogens is 3. The molecule has 9 nitrogen and oxygen atoms in total. The SMILES string of the molecule is Cn1nc(NC(=O)OCC2c3ccccc3-c3ccccc32)cc1C(=O)NC(C(=O)O)C(F)(F)F. The molecule has 1 aliphatic carbocycles. The number of fused-ring (bicyclic) bond motifs is 3. The lowest BCUT2D eigenvalue weighted by molar-refractivity contribution is -0.178. The maximum absolute atomic E-state index is 12.8. The molecule has 0 aliphatic heterocycles. The van der Waals surface area contributed by atoms with Crippen molar-refractivity contribution in [3.05, 3.63) is 71.4 Å². The number of nitrogens with one attached hydrogen (secondary N) is 2. The van der Waals surface area contributed by atoms with Crippen molar-refractivity contribution >= 4 is 23.8 Å². The molecule has 1 aliphatic rings. The maximum atomic E-state index is 12.8. The zero-order valence-corrected chi connectivity index (χ0v) is 18.2. The molecule has 1 unspecified atom stereocenters. The van der Waals surface area contributed by atoms with Crippen molar-refractivity contribution in [3.63, 3.8) is 0 Å². The van der Waals surface area contributed by atoms with Gasteiger partial charge in [0.1, 0.15) is 12.3 Å². The molecule has 0 bridgehead atoms. The molecule has 182 valence electrons. The molecule has 0 fully saturated rings. The molecule has 12 heteroatoms. The van der Waals surface area contributed by atoms with Gasteiger partial charge >= 0.3 is 18.2 Å². The van der Waals surface area contributed by atoms with E-state index in [2.05, 4.69) is 10.4 Å². The fraction of sp³-hybridized carbons (Fsp3) is 0.217. The predicted molar refractivity (Wildman–Crippen MR) is 117 cm³/mol. The first-order chi connectivity index (χ1) is 16.6. The van der Waals surface area contributed by atoms with Gasteiger partial charge in [0, 0.05) is 19.0 Å². The van der Waals surface area contributed by atoms with E-state index in [1.807, 2.05) is 48.5 Å². The topological polar surface area (TPSA) is 123 Å². The molecule has 0 radical (unpaired) electrons. The summed E-state index contributed by atoms with van der Waals surface area (Å²) in [5.74, 6) is -3.93. The van der Waals surface area contributed by atoms with Gasteiger partial charge in [0.25, 0.3) is 5.91 Å². The number of benzene rings is 2. The number of carboxylic acids is 1. The monoisotopic (exact) mass is 488 g/mol. The van der Waals surface area contributed by atoms with Crippen molar-refractivity contribution < 1.29 is 37.4 Å². The first kappa shape index (κ1) is 23.8. The van der Waals surface area contributed by atoms with Crippen LogP contribution in [0.5, 0.6) is 0 Å². The van der Waals surface area contributed by atoms with Gasteiger partial charge in [-0.15, -0.1) is 0 Å². The fourth-order valence-corrected chi connectivity index (χ4v) is 3.97. The highest BCUT2D eigenvalue weighted by atomic mass is 19.4. The number of aryl methyl sites for hydroxylation is 1. The van der Waals surface area contributed by atoms with Crippen LogP contribution in [0.1, 0.15) is 27.5 Å². The van der Waals surface area contributed by atoms with E-state index in [9.17, 15) is 27.6 Å². The Morgan fingerprint density at radius 2 is 1.66 bits per heavy atom. The second-order valence-corrected chi connectivity index (χ2v) is 7.78. The standard InChI is InChI=1S/C23H19F3N4O5/c1-30-17(20(31)28-19(21(32)33)23(24,25)26)10-18(29-30)27-22(34)35-11-16-14-8-4-2-6-12(14)13-7-3-5-9-15(13)16/h2-10,16,19H,11H2,1H3,(H,28,31)(H,32,33)(H,27,29,34). The van der Waals surface area contributed by atoms with Gasteiger partial charge in [0.15, 0.2) is 5.82 Å². The van der Waals surface area contributed by atoms with Crippen LogP contribution in [0.25, 0.3) is 11.1 Å². The van der Waals surface area contributed by atoms with Crippen LogP contribution in [-0.2, 0) is 16.6 Å². The van der Waals surface area contributed by atoms with Crippen LogP contribution < -0.4 is 10.6 Å². The molecule has 35 heavy (non-hydrogen) atoms. The van der Waals surface area contributed by atoms with E-state index in [4.69, 9.17) is 9.84 Å². The summed E-state index contributed by atoms with van der Waals surface area (Å²) < 4.78 is 44.8. The molecule has 0 saturated heterocycles. The lowest BCUT2D eigenvalue weighted by Gasteiger charge is -2.17. The Morgan fingerprint density at radius 1 is 1.09 bits per heavy atom. The smallest absolute Gasteiger partial charge is 0.419 e. The highest BCUT2D eigenvalue weighted by molar-refractivity contribution is 5.97. The zero-order valence-electron chi connectivity index (χ0n) is 18.2. The van der Waals surface area contributed by atoms with Crippen LogP contribution in [0.4, 0.5) is 23.8 Å². The fourth-order valence-electron chi connectivity index (χ4n) is 3.97. The van der Waals surface area contributed by atoms with Crippen molar-refractivity contribution in [2.45, 2.75) is 18.1 Å². The normalized spacial score (nSPS) is 13.5. The Morgan fingerprint density at radius 3 is 2.20 bits per heavy atom. The maximum Gasteiger partial charge on any atom is 0.419 e. The third kappa shape index (κ3) is 4.81. The van der Waals surface area contributed by atoms with Gasteiger partial charge in [0.05, 0.1) is 0 Å². The number of nitrogens with zero attached hydrogens (tertiary/aromatic N) is 2. The van der Waals surface area contributed by atoms with E-state index >= 15 is 0 Å². The molecule has 3 aromatic rings. The average molecular weight is 488 g/mol. The molecule has 1 heterocycles. The Kier molecular flexibility index (Phi) is 6.20. The molecule has 0 saturated carbocycles. The summed E-state index contributed by atoms with van der Waals surface area (Å²) in [7, 11) is 1.25. The number of amides is 2. The lowest BCUT2D eigenvalue weighted by Crippen LogP contribution is -2.51. The average Bonchev–Trinajstić information content (AvgIpc) is 3.32. The Hall–Kier alpha value is -4.35. The van der Waals surface area contributed by atoms with Gasteiger partial charge < -0.3 is 15.2 Å². The summed E-state index contributed by atoms with van der Waals surface area (Å²) in [4.78, 5) is 35.4. The van der Waals surface area contributed by atoms with E-state index in [0.29, 0.717) is 0 Å². The summed E-state index contributed by atoms with van der Waals surface area (Å²) in [6.45, 7) is 0.0198. The number of anilines is 1. The van der Waals surface area contributed by atoms with Crippen molar-refractivity contribution in [1.29, 1.82) is 0 Å². The van der Waals surface area contributed by atoms with Gasteiger partial charge in [-0.1, -0.05) is 48.5 Å². The van der Waals surface area contributed by atoms with E-state index < -0.39 is 35.9 Å². The van der Waals surface area contributed by atoms with E-state index in [1.54, 1.807) is 0 Å². The second-order valence-electron chi connectivity index (χ2n) is 7.78. The van der Waals surface area contributed by atoms with Crippen molar-refractivity contribution in [3.8, 4) is 11.1 Å². The van der Waals surface area contributed by atoms with Crippen LogP contribution >= 0.6 is 0 Å². The summed E-state index contributed by atoms with van der Waals surface area (Å²) in [6, 6.07) is 13.4. The molecule has 1 aromatic heterocycles. The number of hydrogen-bond donors (Lipinski definition) is 3. The molecular weight excluding hydrogens is 469 g/mol. The number of carboxylic acid groups (broad SMARTS) is 1. The number of aromatic nitrogens is 2. The first-order valence-electron chi connectivity index (χ1n) is 10.3. The molecule has 0 spiro atoms. The van der Waals surface area contributed by atoms with E-state index in [0.717, 1.165) is 33.0 Å². The molecule has 3 N–H and O–H groups in total. The number of rotatable bonds is 6. The quantitative estimate of drug-likeness (QED) is 0.488. The third-order valence-electron chi connectivity index (χ3n) is 5.54. The van der Waals surface area contributed by atoms with Gasteiger partial charge in [-0.3, -0.25) is 14.8 Å². The largest absolute Gasteiger partial charge is 0.479 e. The Bertz CT molecular complexity index is 1260. The highest BCUT2D eigenvalue weighted by Crippen LogP contribution is 2.44. The molecule has 2 amide bonds. The second kappa shape index (κ2) is 9.12. The van der Waals surface area contributed by atoms with Crippen molar-refractivity contribution in [1.82, 2.24) is 15.1 Å². The van der Waals surface area contributed by atoms with Crippen molar-refractivity contribution in [2.75, 3.05) is 11.9 Å². The number of hydrogen-bond acceptors (Lipinski definition) is 5. The Labute approximate surface area is 196 Å². The number of carbonyl (C=O) groups is 3. The number of alkyl halides is 3. The van der Waals surface area contributed by atoms with E-state index in [1.165, 1.54) is 12.4 Å². The summed E-state index contributed by atoms with van der Waals surface area (Å²) >= 11 is 0. The minimum absolute atomic E-state index is 0.0198. The van der Waals surface area contributed by atoms with Crippen molar-refractivity contribution in [2.24, 2.45) is 7.05 Å². The van der Waals surface area contributed by atoms with Gasteiger partial charge in [0.2, 0.25) is 6.04 Å². The summed E-state index contributed by atoms with van der Waals surface area (Å²) in [6.07, 6.45) is -6.07. The van der Waals surface area contributed by atoms with Gasteiger partial charge in [-0.05, 0) is 22.3 Å². The van der Waals surface area contributed by atoms with Crippen LogP contribution in [0.2, 0.25) is 0 Å². The van der Waals surface area contributed by atoms with E-state index in [-0.39, 0.29) is 18.3 Å². The third-order valence-corrected chi connectivity index (χ3v) is 5.54.